The van der Waals surface area contributed by atoms with Crippen LogP contribution >= 0.6 is 11.3 Å². The third-order valence-electron chi connectivity index (χ3n) is 4.23. The third-order valence-corrected chi connectivity index (χ3v) is 5.15. The van der Waals surface area contributed by atoms with Crippen LogP contribution in [0.1, 0.15) is 11.3 Å². The summed E-state index contributed by atoms with van der Waals surface area (Å²) in [6, 6.07) is 8.27. The van der Waals surface area contributed by atoms with E-state index in [1.807, 2.05) is 6.07 Å². The highest BCUT2D eigenvalue weighted by atomic mass is 32.1. The molecule has 0 bridgehead atoms. The maximum absolute atomic E-state index is 10.7. The molecule has 1 fully saturated rings. The van der Waals surface area contributed by atoms with Crippen LogP contribution in [0.4, 0.5) is 0 Å². The van der Waals surface area contributed by atoms with Gasteiger partial charge in [-0.2, -0.15) is 0 Å². The van der Waals surface area contributed by atoms with E-state index in [1.54, 1.807) is 10.3 Å². The van der Waals surface area contributed by atoms with E-state index >= 15 is 0 Å². The average molecular weight is 331 g/mol. The average Bonchev–Trinajstić information content (AvgIpc) is 2.97. The van der Waals surface area contributed by atoms with Gasteiger partial charge in [0.1, 0.15) is 5.01 Å². The molecular formula is C17H21N3O2S. The Morgan fingerprint density at radius 2 is 2.09 bits per heavy atom. The predicted molar refractivity (Wildman–Crippen MR) is 88.2 cm³/mol. The number of aliphatic carboxylic acids is 1. The molecule has 122 valence electrons. The molecule has 0 unspecified atom stereocenters. The molecule has 5 nitrogen and oxygen atoms in total. The highest BCUT2D eigenvalue weighted by Crippen LogP contribution is 2.28. The number of hydrogen-bond acceptors (Lipinski definition) is 5. The van der Waals surface area contributed by atoms with Gasteiger partial charge in [-0.1, -0.05) is 24.3 Å². The van der Waals surface area contributed by atoms with Crippen LogP contribution in [0.15, 0.2) is 29.6 Å². The number of carboxylic acid groups (broad SMARTS) is 1. The van der Waals surface area contributed by atoms with Crippen molar-refractivity contribution in [2.24, 2.45) is 0 Å². The smallest absolute Gasteiger partial charge is 0.123 e. The molecule has 1 saturated heterocycles. The lowest BCUT2D eigenvalue weighted by Gasteiger charge is -2.30. The second-order valence-electron chi connectivity index (χ2n) is 6.08. The fraction of sp³-hybridized carbons (Fsp3) is 0.412. The molecule has 1 N–H and O–H groups in total. The molecule has 2 aromatic rings. The molecule has 23 heavy (non-hydrogen) atoms. The lowest BCUT2D eigenvalue weighted by Crippen LogP contribution is -3.11. The number of rotatable bonds is 5. The number of aromatic nitrogens is 1. The van der Waals surface area contributed by atoms with Gasteiger partial charge < -0.3 is 14.8 Å². The summed E-state index contributed by atoms with van der Waals surface area (Å²) in [6.45, 7) is 5.48. The van der Waals surface area contributed by atoms with Crippen LogP contribution in [-0.2, 0) is 17.8 Å². The fourth-order valence-electron chi connectivity index (χ4n) is 2.86. The quantitative estimate of drug-likeness (QED) is 0.797. The standard InChI is InChI=1S/C17H21N3O2S/c1-19-6-8-20(9-7-19)11-13-4-2-3-5-15(13)17-18-14(12-23-17)10-16(21)22/h2-5,12H,6-11H2,1H3,(H,21,22). The summed E-state index contributed by atoms with van der Waals surface area (Å²) in [5.41, 5.74) is 2.93. The van der Waals surface area contributed by atoms with E-state index in [0.717, 1.165) is 30.2 Å². The summed E-state index contributed by atoms with van der Waals surface area (Å²) in [5, 5.41) is 13.4. The van der Waals surface area contributed by atoms with Gasteiger partial charge >= 0.3 is 0 Å². The molecule has 1 aliphatic rings. The molecule has 1 aliphatic heterocycles. The van der Waals surface area contributed by atoms with Gasteiger partial charge in [0.25, 0.3) is 0 Å². The Labute approximate surface area is 140 Å². The van der Waals surface area contributed by atoms with Crippen LogP contribution < -0.4 is 10.0 Å². The number of carbonyl (C=O) groups excluding carboxylic acids is 1. The SMILES string of the molecule is C[NH+]1CCN(Cc2ccccc2-c2nc(CC(=O)[O-])cs2)CC1. The van der Waals surface area contributed by atoms with E-state index in [1.165, 1.54) is 30.0 Å². The van der Waals surface area contributed by atoms with E-state index in [2.05, 4.69) is 35.1 Å². The van der Waals surface area contributed by atoms with Crippen LogP contribution in [0.5, 0.6) is 0 Å². The summed E-state index contributed by atoms with van der Waals surface area (Å²) in [6.07, 6.45) is -0.125. The Balaban J connectivity index is 1.77. The minimum Gasteiger partial charge on any atom is -0.550 e. The van der Waals surface area contributed by atoms with Crippen molar-refractivity contribution in [3.05, 3.63) is 40.9 Å². The normalized spacial score (nSPS) is 16.6. The molecule has 0 amide bonds. The molecule has 0 atom stereocenters. The van der Waals surface area contributed by atoms with Gasteiger partial charge in [0, 0.05) is 43.0 Å². The van der Waals surface area contributed by atoms with Gasteiger partial charge in [0.15, 0.2) is 0 Å². The van der Waals surface area contributed by atoms with Gasteiger partial charge in [-0.05, 0) is 5.56 Å². The van der Waals surface area contributed by atoms with E-state index in [0.29, 0.717) is 5.69 Å². The molecule has 0 aliphatic carbocycles. The van der Waals surface area contributed by atoms with Gasteiger partial charge in [-0.25, -0.2) is 4.98 Å². The Kier molecular flexibility index (Phi) is 5.05. The summed E-state index contributed by atoms with van der Waals surface area (Å²) < 4.78 is 0. The van der Waals surface area contributed by atoms with Crippen LogP contribution in [0.25, 0.3) is 10.6 Å². The molecule has 1 aromatic carbocycles. The minimum atomic E-state index is -1.09. The number of carboxylic acids is 1. The van der Waals surface area contributed by atoms with Crippen molar-refractivity contribution in [1.82, 2.24) is 9.88 Å². The van der Waals surface area contributed by atoms with Crippen LogP contribution in [0, 0.1) is 0 Å². The van der Waals surface area contributed by atoms with Gasteiger partial charge in [-0.15, -0.1) is 11.3 Å². The van der Waals surface area contributed by atoms with Crippen molar-refractivity contribution >= 4 is 17.3 Å². The zero-order valence-electron chi connectivity index (χ0n) is 13.2. The number of quaternary nitrogens is 1. The third kappa shape index (κ3) is 4.16. The first-order valence-corrected chi connectivity index (χ1v) is 8.76. The van der Waals surface area contributed by atoms with Crippen LogP contribution in [-0.4, -0.2) is 49.1 Å². The predicted octanol–water partition coefficient (Wildman–Crippen LogP) is -0.567. The molecular weight excluding hydrogens is 310 g/mol. The number of piperazine rings is 1. The molecule has 0 saturated carbocycles. The number of likely N-dealkylation sites (N-methyl/N-ethyl adjacent to an activating group) is 1. The van der Waals surface area contributed by atoms with Crippen LogP contribution in [0.3, 0.4) is 0 Å². The molecule has 1 aromatic heterocycles. The first-order chi connectivity index (χ1) is 11.1. The number of hydrogen-bond donors (Lipinski definition) is 1. The Bertz CT molecular complexity index is 678. The number of thiazole rings is 1. The fourth-order valence-corrected chi connectivity index (χ4v) is 3.74. The first kappa shape index (κ1) is 16.1. The highest BCUT2D eigenvalue weighted by Gasteiger charge is 2.18. The van der Waals surface area contributed by atoms with Crippen molar-refractivity contribution < 1.29 is 14.8 Å². The van der Waals surface area contributed by atoms with Gasteiger partial charge in [0.05, 0.1) is 25.8 Å². The molecule has 2 heterocycles. The number of benzene rings is 1. The van der Waals surface area contributed by atoms with E-state index in [-0.39, 0.29) is 6.42 Å². The molecule has 0 spiro atoms. The van der Waals surface area contributed by atoms with E-state index in [9.17, 15) is 9.90 Å². The van der Waals surface area contributed by atoms with Gasteiger partial charge in [-0.3, -0.25) is 4.90 Å². The Hall–Kier alpha value is -1.76. The topological polar surface area (TPSA) is 60.7 Å². The second-order valence-corrected chi connectivity index (χ2v) is 6.94. The molecule has 0 radical (unpaired) electrons. The lowest BCUT2D eigenvalue weighted by molar-refractivity contribution is -0.884. The maximum Gasteiger partial charge on any atom is 0.123 e. The van der Waals surface area contributed by atoms with Crippen molar-refractivity contribution in [3.8, 4) is 10.6 Å². The van der Waals surface area contributed by atoms with E-state index < -0.39 is 5.97 Å². The van der Waals surface area contributed by atoms with Crippen molar-refractivity contribution in [2.45, 2.75) is 13.0 Å². The zero-order valence-corrected chi connectivity index (χ0v) is 14.1. The van der Waals surface area contributed by atoms with Crippen molar-refractivity contribution in [1.29, 1.82) is 0 Å². The van der Waals surface area contributed by atoms with Crippen molar-refractivity contribution in [3.63, 3.8) is 0 Å². The zero-order chi connectivity index (χ0) is 16.2. The summed E-state index contributed by atoms with van der Waals surface area (Å²) in [4.78, 5) is 19.2. The number of nitrogens with one attached hydrogen (secondary N) is 1. The van der Waals surface area contributed by atoms with E-state index in [4.69, 9.17) is 0 Å². The maximum atomic E-state index is 10.7. The second kappa shape index (κ2) is 7.21. The largest absolute Gasteiger partial charge is 0.550 e. The number of nitrogens with zero attached hydrogens (tertiary/aromatic N) is 2. The lowest BCUT2D eigenvalue weighted by atomic mass is 10.1. The summed E-state index contributed by atoms with van der Waals surface area (Å²) in [5.74, 6) is -1.09. The van der Waals surface area contributed by atoms with Gasteiger partial charge in [0.2, 0.25) is 0 Å². The first-order valence-electron chi connectivity index (χ1n) is 7.88. The monoisotopic (exact) mass is 331 g/mol. The highest BCUT2D eigenvalue weighted by molar-refractivity contribution is 7.13. The minimum absolute atomic E-state index is 0.125. The molecule has 6 heteroatoms. The number of carbonyl (C=O) groups is 1. The Morgan fingerprint density at radius 3 is 2.83 bits per heavy atom. The molecule has 3 rings (SSSR count). The summed E-state index contributed by atoms with van der Waals surface area (Å²) >= 11 is 1.50. The van der Waals surface area contributed by atoms with Crippen molar-refractivity contribution in [2.75, 3.05) is 33.2 Å². The Morgan fingerprint density at radius 1 is 1.35 bits per heavy atom. The van der Waals surface area contributed by atoms with Crippen LogP contribution in [0.2, 0.25) is 0 Å². The summed E-state index contributed by atoms with van der Waals surface area (Å²) in [7, 11) is 2.24.